The number of carbonyl (C=O) groups is 1. The largest absolute Gasteiger partial charge is 0.534 e. The molecule has 0 saturated heterocycles. The first-order chi connectivity index (χ1) is 11.5. The predicted molar refractivity (Wildman–Crippen MR) is 88.0 cm³/mol. The monoisotopic (exact) mass is 413 g/mol. The molecule has 2 N–H and O–H groups in total. The zero-order chi connectivity index (χ0) is 17.1. The first-order valence-corrected chi connectivity index (χ1v) is 7.20. The summed E-state index contributed by atoms with van der Waals surface area (Å²) < 4.78 is 10.1. The van der Waals surface area contributed by atoms with Crippen LogP contribution in [-0.2, 0) is 44.1 Å². The van der Waals surface area contributed by atoms with Crippen LogP contribution in [0.3, 0.4) is 0 Å². The number of phenols is 1. The molecule has 0 spiro atoms. The van der Waals surface area contributed by atoms with Crippen LogP contribution in [0.2, 0.25) is 0 Å². The molecule has 0 fully saturated rings. The number of aryl methyl sites for hydroxylation is 1. The molecule has 1 aromatic heterocycles. The van der Waals surface area contributed by atoms with Crippen LogP contribution in [-0.4, -0.2) is 11.2 Å². The molecule has 0 aliphatic rings. The molecule has 3 rings (SSSR count). The third kappa shape index (κ3) is 4.68. The van der Waals surface area contributed by atoms with Crippen molar-refractivity contribution in [3.8, 4) is 5.75 Å². The average Bonchev–Trinajstić information content (AvgIpc) is 2.57. The van der Waals surface area contributed by atoms with E-state index in [4.69, 9.17) is 9.15 Å². The Bertz CT molecular complexity index is 953. The summed E-state index contributed by atoms with van der Waals surface area (Å²) in [5.74, 6) is -0.0892. The smallest absolute Gasteiger partial charge is 0.412 e. The Hall–Kier alpha value is -2.18. The maximum absolute atomic E-state index is 11.9. The van der Waals surface area contributed by atoms with Gasteiger partial charge in [0.15, 0.2) is 0 Å². The minimum Gasteiger partial charge on any atom is -0.534 e. The summed E-state index contributed by atoms with van der Waals surface area (Å²) in [4.78, 5) is 23.7. The van der Waals surface area contributed by atoms with Crippen LogP contribution in [0.15, 0.2) is 51.7 Å². The first kappa shape index (κ1) is 19.2. The number of rotatable bonds is 3. The van der Waals surface area contributed by atoms with Gasteiger partial charge in [0.25, 0.3) is 0 Å². The minimum absolute atomic E-state index is 0. The molecule has 25 heavy (non-hydrogen) atoms. The minimum atomic E-state index is -0.759. The van der Waals surface area contributed by atoms with Crippen molar-refractivity contribution in [1.82, 2.24) is 0 Å². The van der Waals surface area contributed by atoms with Gasteiger partial charge in [0.2, 0.25) is 0 Å². The molecule has 2 aromatic carbocycles. The standard InChI is InChI=1S/C18H14NO5.Y/c1-11-7-13-8-14(17(21)24-16(13)9-15(11)20)19-18(22)23-10-12-5-3-2-4-6-12;/h2-8,20H,10H2,1H3,(H,19,22);/q-1;. The summed E-state index contributed by atoms with van der Waals surface area (Å²) >= 11 is 0. The van der Waals surface area contributed by atoms with Crippen molar-refractivity contribution >= 4 is 22.7 Å². The van der Waals surface area contributed by atoms with E-state index in [1.54, 1.807) is 13.0 Å². The van der Waals surface area contributed by atoms with Gasteiger partial charge in [-0.15, -0.1) is 5.56 Å². The van der Waals surface area contributed by atoms with Crippen LogP contribution >= 0.6 is 0 Å². The van der Waals surface area contributed by atoms with Crippen molar-refractivity contribution in [1.29, 1.82) is 0 Å². The average molecular weight is 413 g/mol. The van der Waals surface area contributed by atoms with Crippen molar-refractivity contribution in [3.05, 3.63) is 70.1 Å². The second kappa shape index (κ2) is 8.27. The van der Waals surface area contributed by atoms with E-state index in [1.807, 2.05) is 30.3 Å². The van der Waals surface area contributed by atoms with Crippen molar-refractivity contribution in [2.75, 3.05) is 5.32 Å². The quantitative estimate of drug-likeness (QED) is 0.508. The number of phenolic OH excluding ortho intramolecular Hbond substituents is 1. The molecule has 1 heterocycles. The Morgan fingerprint density at radius 3 is 2.72 bits per heavy atom. The molecule has 0 aliphatic carbocycles. The number of amides is 1. The van der Waals surface area contributed by atoms with Crippen molar-refractivity contribution in [2.45, 2.75) is 13.5 Å². The topological polar surface area (TPSA) is 88.8 Å². The molecular weight excluding hydrogens is 399 g/mol. The number of hydrogen-bond acceptors (Lipinski definition) is 5. The van der Waals surface area contributed by atoms with Crippen LogP contribution in [0.25, 0.3) is 11.0 Å². The van der Waals surface area contributed by atoms with Crippen LogP contribution in [0.1, 0.15) is 11.1 Å². The number of benzene rings is 2. The SMILES string of the molecule is Cc1cc2cc(NC(=O)OCc3ccccc3)c(=O)oc2[c-]c1O.[Y]. The Morgan fingerprint density at radius 2 is 2.00 bits per heavy atom. The predicted octanol–water partition coefficient (Wildman–Crippen LogP) is 3.35. The number of nitrogens with one attached hydrogen (secondary N) is 1. The molecule has 1 radical (unpaired) electrons. The maximum atomic E-state index is 11.9. The number of fused-ring (bicyclic) bond motifs is 1. The molecule has 0 aliphatic heterocycles. The Kier molecular flexibility index (Phi) is 6.34. The van der Waals surface area contributed by atoms with Gasteiger partial charge in [-0.3, -0.25) is 5.32 Å². The summed E-state index contributed by atoms with van der Waals surface area (Å²) in [6, 6.07) is 14.8. The van der Waals surface area contributed by atoms with Gasteiger partial charge in [-0.2, -0.15) is 6.07 Å². The third-order valence-electron chi connectivity index (χ3n) is 3.40. The van der Waals surface area contributed by atoms with E-state index in [0.29, 0.717) is 10.9 Å². The van der Waals surface area contributed by atoms with E-state index in [0.717, 1.165) is 5.56 Å². The number of ether oxygens (including phenoxy) is 1. The molecule has 125 valence electrons. The van der Waals surface area contributed by atoms with Gasteiger partial charge in [0, 0.05) is 44.0 Å². The van der Waals surface area contributed by atoms with Crippen LogP contribution in [0.5, 0.6) is 5.75 Å². The molecule has 3 aromatic rings. The van der Waals surface area contributed by atoms with E-state index in [-0.39, 0.29) is 56.3 Å². The molecule has 0 saturated carbocycles. The summed E-state index contributed by atoms with van der Waals surface area (Å²) in [6.45, 7) is 1.78. The van der Waals surface area contributed by atoms with Crippen molar-refractivity contribution in [2.24, 2.45) is 0 Å². The maximum Gasteiger partial charge on any atom is 0.412 e. The molecule has 6 nitrogen and oxygen atoms in total. The molecule has 0 bridgehead atoms. The fourth-order valence-corrected chi connectivity index (χ4v) is 2.16. The molecule has 0 atom stereocenters. The van der Waals surface area contributed by atoms with Crippen molar-refractivity contribution < 1.29 is 51.8 Å². The number of hydrogen-bond donors (Lipinski definition) is 2. The van der Waals surface area contributed by atoms with E-state index in [1.165, 1.54) is 6.07 Å². The molecular formula is C18H14NO5Y-. The van der Waals surface area contributed by atoms with E-state index in [9.17, 15) is 14.7 Å². The second-order valence-electron chi connectivity index (χ2n) is 5.22. The normalized spacial score (nSPS) is 10.1. The van der Waals surface area contributed by atoms with Crippen LogP contribution < -0.4 is 10.9 Å². The third-order valence-corrected chi connectivity index (χ3v) is 3.40. The summed E-state index contributed by atoms with van der Waals surface area (Å²) in [6.07, 6.45) is -0.759. The second-order valence-corrected chi connectivity index (χ2v) is 5.22. The van der Waals surface area contributed by atoms with Gasteiger partial charge in [0.05, 0.1) is 0 Å². The molecule has 1 amide bonds. The van der Waals surface area contributed by atoms with E-state index >= 15 is 0 Å². The first-order valence-electron chi connectivity index (χ1n) is 7.20. The van der Waals surface area contributed by atoms with Gasteiger partial charge in [-0.1, -0.05) is 54.8 Å². The van der Waals surface area contributed by atoms with Gasteiger partial charge in [-0.25, -0.2) is 9.59 Å². The Morgan fingerprint density at radius 1 is 1.28 bits per heavy atom. The Balaban J connectivity index is 0.00000225. The summed E-state index contributed by atoms with van der Waals surface area (Å²) in [7, 11) is 0. The number of anilines is 1. The summed E-state index contributed by atoms with van der Waals surface area (Å²) in [5, 5.41) is 12.5. The van der Waals surface area contributed by atoms with E-state index in [2.05, 4.69) is 11.4 Å². The molecule has 7 heteroatoms. The van der Waals surface area contributed by atoms with Crippen LogP contribution in [0.4, 0.5) is 10.5 Å². The summed E-state index contributed by atoms with van der Waals surface area (Å²) in [5.41, 5.74) is 0.733. The molecule has 0 unspecified atom stereocenters. The zero-order valence-electron chi connectivity index (χ0n) is 13.4. The van der Waals surface area contributed by atoms with Gasteiger partial charge < -0.3 is 14.3 Å². The van der Waals surface area contributed by atoms with Gasteiger partial charge >= 0.3 is 11.7 Å². The van der Waals surface area contributed by atoms with Gasteiger partial charge in [-0.05, 0) is 5.56 Å². The van der Waals surface area contributed by atoms with Gasteiger partial charge in [0.1, 0.15) is 12.3 Å². The fourth-order valence-electron chi connectivity index (χ4n) is 2.16. The number of aromatic hydroxyl groups is 1. The van der Waals surface area contributed by atoms with Crippen molar-refractivity contribution in [3.63, 3.8) is 0 Å². The van der Waals surface area contributed by atoms with Crippen LogP contribution in [0, 0.1) is 13.0 Å². The fraction of sp³-hybridized carbons (Fsp3) is 0.111. The van der Waals surface area contributed by atoms with E-state index < -0.39 is 11.7 Å². The number of carbonyl (C=O) groups excluding carboxylic acids is 1. The zero-order valence-corrected chi connectivity index (χ0v) is 16.2. The Labute approximate surface area is 168 Å².